The van der Waals surface area contributed by atoms with Crippen molar-refractivity contribution >= 4 is 34.8 Å². The zero-order valence-corrected chi connectivity index (χ0v) is 20.2. The van der Waals surface area contributed by atoms with Crippen molar-refractivity contribution in [2.45, 2.75) is 44.2 Å². The Morgan fingerprint density at radius 3 is 2.34 bits per heavy atom. The monoisotopic (exact) mass is 494 g/mol. The van der Waals surface area contributed by atoms with E-state index in [1.807, 2.05) is 17.5 Å². The highest BCUT2D eigenvalue weighted by Gasteiger charge is 2.34. The number of nitrogens with one attached hydrogen (secondary N) is 1. The van der Waals surface area contributed by atoms with Gasteiger partial charge in [0.15, 0.2) is 0 Å². The fraction of sp³-hybridized carbons (Fsp3) is 0.296. The first-order valence-corrected chi connectivity index (χ1v) is 12.4. The first kappa shape index (κ1) is 24.6. The van der Waals surface area contributed by atoms with Crippen molar-refractivity contribution < 1.29 is 23.5 Å². The molecule has 1 N–H and O–H groups in total. The maximum absolute atomic E-state index is 13.7. The number of hydrogen-bond acceptors (Lipinski definition) is 5. The van der Waals surface area contributed by atoms with Crippen LogP contribution < -0.4 is 10.2 Å². The van der Waals surface area contributed by atoms with E-state index in [1.165, 1.54) is 47.6 Å². The zero-order valence-electron chi connectivity index (χ0n) is 19.4. The molecule has 1 heterocycles. The van der Waals surface area contributed by atoms with Crippen LogP contribution in [0.25, 0.3) is 0 Å². The third kappa shape index (κ3) is 5.95. The number of anilines is 1. The lowest BCUT2D eigenvalue weighted by Gasteiger charge is -2.32. The number of esters is 1. The molecule has 1 aromatic heterocycles. The fourth-order valence-electron chi connectivity index (χ4n) is 4.37. The third-order valence-electron chi connectivity index (χ3n) is 6.13. The van der Waals surface area contributed by atoms with Gasteiger partial charge >= 0.3 is 5.97 Å². The van der Waals surface area contributed by atoms with Gasteiger partial charge in [0.05, 0.1) is 19.1 Å². The lowest BCUT2D eigenvalue weighted by atomic mass is 10.0. The number of amides is 2. The molecule has 1 atom stereocenters. The molecular weight excluding hydrogens is 467 g/mol. The van der Waals surface area contributed by atoms with Crippen LogP contribution in [0.2, 0.25) is 0 Å². The molecule has 0 radical (unpaired) electrons. The minimum atomic E-state index is -1.01. The molecule has 0 saturated heterocycles. The van der Waals surface area contributed by atoms with Crippen molar-refractivity contribution in [3.8, 4) is 0 Å². The number of carbonyl (C=O) groups excluding carboxylic acids is 3. The molecule has 2 amide bonds. The molecule has 6 nitrogen and oxygen atoms in total. The van der Waals surface area contributed by atoms with E-state index >= 15 is 0 Å². The van der Waals surface area contributed by atoms with E-state index in [0.717, 1.165) is 30.6 Å². The Bertz CT molecular complexity index is 1160. The number of carbonyl (C=O) groups is 3. The number of rotatable bonds is 8. The van der Waals surface area contributed by atoms with Gasteiger partial charge in [-0.2, -0.15) is 0 Å². The number of ether oxygens (including phenoxy) is 1. The van der Waals surface area contributed by atoms with Crippen molar-refractivity contribution in [1.29, 1.82) is 0 Å². The Hall–Kier alpha value is -3.52. The van der Waals surface area contributed by atoms with Crippen molar-refractivity contribution in [1.82, 2.24) is 5.32 Å². The first-order chi connectivity index (χ1) is 17.0. The highest BCUT2D eigenvalue weighted by atomic mass is 32.1. The second-order valence-electron chi connectivity index (χ2n) is 8.50. The summed E-state index contributed by atoms with van der Waals surface area (Å²) in [4.78, 5) is 41.6. The average molecular weight is 495 g/mol. The van der Waals surface area contributed by atoms with Gasteiger partial charge in [-0.25, -0.2) is 9.18 Å². The molecule has 1 fully saturated rings. The summed E-state index contributed by atoms with van der Waals surface area (Å²) in [6.45, 7) is 0. The van der Waals surface area contributed by atoms with E-state index < -0.39 is 17.8 Å². The van der Waals surface area contributed by atoms with Gasteiger partial charge in [-0.3, -0.25) is 14.5 Å². The summed E-state index contributed by atoms with van der Waals surface area (Å²) >= 11 is 1.46. The third-order valence-corrected chi connectivity index (χ3v) is 7.01. The van der Waals surface area contributed by atoms with Crippen LogP contribution in [0, 0.1) is 5.82 Å². The van der Waals surface area contributed by atoms with Crippen LogP contribution >= 0.6 is 11.3 Å². The Labute approximate surface area is 207 Å². The molecule has 0 bridgehead atoms. The van der Waals surface area contributed by atoms with Gasteiger partial charge in [0.25, 0.3) is 0 Å². The van der Waals surface area contributed by atoms with Gasteiger partial charge in [-0.05, 0) is 66.2 Å². The Morgan fingerprint density at radius 2 is 1.74 bits per heavy atom. The van der Waals surface area contributed by atoms with Crippen molar-refractivity contribution in [3.63, 3.8) is 0 Å². The highest BCUT2D eigenvalue weighted by molar-refractivity contribution is 7.10. The topological polar surface area (TPSA) is 75.7 Å². The molecule has 1 saturated carbocycles. The smallest absolute Gasteiger partial charge is 0.337 e. The molecule has 2 aromatic carbocycles. The molecule has 8 heteroatoms. The Morgan fingerprint density at radius 1 is 1.06 bits per heavy atom. The number of methoxy groups -OCH3 is 1. The standard InChI is InChI=1S/C27H27FN2O4S/c1-34-27(33)19-10-14-22(15-11-19)30(24(31)17-23-7-4-16-35-23)25(18-8-12-20(28)13-9-18)26(32)29-21-5-2-3-6-21/h4,7-16,21,25H,2-3,5-6,17H2,1H3,(H,29,32). The summed E-state index contributed by atoms with van der Waals surface area (Å²) in [5, 5.41) is 4.99. The van der Waals surface area contributed by atoms with Crippen LogP contribution in [0.1, 0.15) is 52.5 Å². The van der Waals surface area contributed by atoms with E-state index in [2.05, 4.69) is 5.32 Å². The lowest BCUT2D eigenvalue weighted by molar-refractivity contribution is -0.127. The fourth-order valence-corrected chi connectivity index (χ4v) is 5.07. The van der Waals surface area contributed by atoms with Gasteiger partial charge in [-0.15, -0.1) is 11.3 Å². The van der Waals surface area contributed by atoms with E-state index in [-0.39, 0.29) is 24.3 Å². The molecule has 0 aliphatic heterocycles. The summed E-state index contributed by atoms with van der Waals surface area (Å²) in [6, 6.07) is 14.8. The molecular formula is C27H27FN2O4S. The van der Waals surface area contributed by atoms with Crippen LogP contribution in [0.5, 0.6) is 0 Å². The summed E-state index contributed by atoms with van der Waals surface area (Å²) in [7, 11) is 1.30. The number of thiophene rings is 1. The van der Waals surface area contributed by atoms with Crippen LogP contribution in [0.4, 0.5) is 10.1 Å². The van der Waals surface area contributed by atoms with Crippen molar-refractivity contribution in [3.05, 3.63) is 87.9 Å². The van der Waals surface area contributed by atoms with Crippen LogP contribution in [-0.4, -0.2) is 30.9 Å². The molecule has 4 rings (SSSR count). The first-order valence-electron chi connectivity index (χ1n) is 11.5. The summed E-state index contributed by atoms with van der Waals surface area (Å²) in [6.07, 6.45) is 3.97. The number of hydrogen-bond donors (Lipinski definition) is 1. The quantitative estimate of drug-likeness (QED) is 0.445. The molecule has 1 aliphatic carbocycles. The minimum absolute atomic E-state index is 0.0430. The summed E-state index contributed by atoms with van der Waals surface area (Å²) in [5.74, 6) is -1.53. The number of nitrogens with zero attached hydrogens (tertiary/aromatic N) is 1. The summed E-state index contributed by atoms with van der Waals surface area (Å²) in [5.41, 5.74) is 1.28. The van der Waals surface area contributed by atoms with Crippen molar-refractivity contribution in [2.24, 2.45) is 0 Å². The molecule has 1 unspecified atom stereocenters. The van der Waals surface area contributed by atoms with Gasteiger partial charge in [-0.1, -0.05) is 31.0 Å². The predicted octanol–water partition coefficient (Wildman–Crippen LogP) is 5.05. The minimum Gasteiger partial charge on any atom is -0.465 e. The van der Waals surface area contributed by atoms with Crippen LogP contribution in [0.3, 0.4) is 0 Å². The number of halogens is 1. The predicted molar refractivity (Wildman–Crippen MR) is 133 cm³/mol. The second-order valence-corrected chi connectivity index (χ2v) is 9.53. The van der Waals surface area contributed by atoms with Gasteiger partial charge in [0.2, 0.25) is 11.8 Å². The normalized spacial score (nSPS) is 14.3. The SMILES string of the molecule is COC(=O)c1ccc(N(C(=O)Cc2cccs2)C(C(=O)NC2CCCC2)c2ccc(F)cc2)cc1. The molecule has 35 heavy (non-hydrogen) atoms. The average Bonchev–Trinajstić information content (AvgIpc) is 3.57. The maximum atomic E-state index is 13.7. The zero-order chi connectivity index (χ0) is 24.8. The van der Waals surface area contributed by atoms with Gasteiger partial charge < -0.3 is 10.1 Å². The van der Waals surface area contributed by atoms with Crippen molar-refractivity contribution in [2.75, 3.05) is 12.0 Å². The Kier molecular flexibility index (Phi) is 7.92. The van der Waals surface area contributed by atoms with E-state index in [4.69, 9.17) is 4.74 Å². The van der Waals surface area contributed by atoms with Crippen LogP contribution in [-0.2, 0) is 20.7 Å². The lowest BCUT2D eigenvalue weighted by Crippen LogP contribution is -2.46. The largest absolute Gasteiger partial charge is 0.465 e. The highest BCUT2D eigenvalue weighted by Crippen LogP contribution is 2.31. The molecule has 1 aliphatic rings. The molecule has 0 spiro atoms. The number of benzene rings is 2. The van der Waals surface area contributed by atoms with E-state index in [0.29, 0.717) is 16.8 Å². The van der Waals surface area contributed by atoms with Crippen LogP contribution in [0.15, 0.2) is 66.0 Å². The van der Waals surface area contributed by atoms with Gasteiger partial charge in [0, 0.05) is 16.6 Å². The Balaban J connectivity index is 1.75. The van der Waals surface area contributed by atoms with E-state index in [1.54, 1.807) is 24.3 Å². The summed E-state index contributed by atoms with van der Waals surface area (Å²) < 4.78 is 18.5. The van der Waals surface area contributed by atoms with E-state index in [9.17, 15) is 18.8 Å². The maximum Gasteiger partial charge on any atom is 0.337 e. The molecule has 3 aromatic rings. The van der Waals surface area contributed by atoms with Gasteiger partial charge in [0.1, 0.15) is 11.9 Å². The second kappa shape index (κ2) is 11.3. The molecule has 182 valence electrons.